The second kappa shape index (κ2) is 5.97. The SMILES string of the molecule is COc1cc2c(c3c1c(=O)c1ccccc1n3C)[C@H](OC)[C@@H](O)C(C)(C)O2. The van der Waals surface area contributed by atoms with Gasteiger partial charge in [0.25, 0.3) is 0 Å². The molecule has 0 saturated heterocycles. The van der Waals surface area contributed by atoms with Crippen molar-refractivity contribution >= 4 is 21.8 Å². The Morgan fingerprint density at radius 3 is 2.59 bits per heavy atom. The number of pyridine rings is 1. The normalized spacial score (nSPS) is 21.1. The van der Waals surface area contributed by atoms with Crippen LogP contribution in [0.5, 0.6) is 11.5 Å². The molecule has 1 N–H and O–H groups in total. The van der Waals surface area contributed by atoms with Crippen LogP contribution in [0.15, 0.2) is 35.1 Å². The van der Waals surface area contributed by atoms with Crippen LogP contribution in [0, 0.1) is 0 Å². The minimum absolute atomic E-state index is 0.118. The van der Waals surface area contributed by atoms with Crippen molar-refractivity contribution < 1.29 is 19.3 Å². The summed E-state index contributed by atoms with van der Waals surface area (Å²) in [5, 5.41) is 11.9. The number of nitrogens with zero attached hydrogens (tertiary/aromatic N) is 1. The molecule has 0 bridgehead atoms. The summed E-state index contributed by atoms with van der Waals surface area (Å²) >= 11 is 0. The van der Waals surface area contributed by atoms with E-state index in [0.29, 0.717) is 33.4 Å². The van der Waals surface area contributed by atoms with Gasteiger partial charge in [-0.15, -0.1) is 0 Å². The molecule has 0 amide bonds. The summed E-state index contributed by atoms with van der Waals surface area (Å²) in [5.41, 5.74) is 1.13. The van der Waals surface area contributed by atoms with E-state index in [0.717, 1.165) is 5.52 Å². The number of hydrogen-bond donors (Lipinski definition) is 1. The first-order valence-electron chi connectivity index (χ1n) is 8.84. The molecule has 0 saturated carbocycles. The molecule has 0 radical (unpaired) electrons. The average Bonchev–Trinajstić information content (AvgIpc) is 2.65. The van der Waals surface area contributed by atoms with Gasteiger partial charge in [0.2, 0.25) is 5.43 Å². The van der Waals surface area contributed by atoms with Gasteiger partial charge in [0.05, 0.1) is 29.1 Å². The topological polar surface area (TPSA) is 69.9 Å². The first-order valence-corrected chi connectivity index (χ1v) is 8.84. The number of fused-ring (bicyclic) bond motifs is 4. The lowest BCUT2D eigenvalue weighted by Crippen LogP contribution is -2.49. The van der Waals surface area contributed by atoms with E-state index in [2.05, 4.69) is 0 Å². The number of benzene rings is 2. The van der Waals surface area contributed by atoms with Gasteiger partial charge in [0, 0.05) is 25.6 Å². The molecule has 6 nitrogen and oxygen atoms in total. The number of hydrogen-bond acceptors (Lipinski definition) is 5. The molecule has 2 heterocycles. The van der Waals surface area contributed by atoms with Crippen LogP contribution in [0.25, 0.3) is 21.8 Å². The Kier molecular flexibility index (Phi) is 3.94. The Labute approximate surface area is 156 Å². The van der Waals surface area contributed by atoms with Crippen LogP contribution >= 0.6 is 0 Å². The van der Waals surface area contributed by atoms with E-state index in [4.69, 9.17) is 14.2 Å². The van der Waals surface area contributed by atoms with Gasteiger partial charge in [-0.2, -0.15) is 0 Å². The zero-order valence-electron chi connectivity index (χ0n) is 16.1. The molecule has 0 spiro atoms. The standard InChI is InChI=1S/C21H23NO5/c1-21(2)20(24)19(26-5)16-14(27-21)10-13(25-4)15-17(16)22(3)12-9-7-6-8-11(12)18(15)23/h6-10,19-20,24H,1-5H3/t19-,20+/m0/s1. The van der Waals surface area contributed by atoms with E-state index < -0.39 is 17.8 Å². The van der Waals surface area contributed by atoms with E-state index in [-0.39, 0.29) is 5.43 Å². The van der Waals surface area contributed by atoms with Gasteiger partial charge in [0.1, 0.15) is 29.3 Å². The molecule has 6 heteroatoms. The summed E-state index contributed by atoms with van der Waals surface area (Å²) < 4.78 is 19.2. The van der Waals surface area contributed by atoms with Crippen molar-refractivity contribution in [3.8, 4) is 11.5 Å². The van der Waals surface area contributed by atoms with Crippen molar-refractivity contribution in [3.63, 3.8) is 0 Å². The molecule has 4 rings (SSSR count). The molecular formula is C21H23NO5. The molecule has 0 aliphatic carbocycles. The summed E-state index contributed by atoms with van der Waals surface area (Å²) in [6, 6.07) is 9.15. The zero-order valence-corrected chi connectivity index (χ0v) is 16.1. The lowest BCUT2D eigenvalue weighted by atomic mass is 9.86. The van der Waals surface area contributed by atoms with Crippen molar-refractivity contribution in [1.82, 2.24) is 4.57 Å². The zero-order chi connectivity index (χ0) is 19.5. The van der Waals surface area contributed by atoms with Crippen LogP contribution in [-0.4, -0.2) is 35.6 Å². The number of aliphatic hydroxyl groups is 1. The third-order valence-electron chi connectivity index (χ3n) is 5.47. The Morgan fingerprint density at radius 1 is 1.22 bits per heavy atom. The van der Waals surface area contributed by atoms with Crippen LogP contribution in [0.2, 0.25) is 0 Å². The van der Waals surface area contributed by atoms with E-state index in [1.807, 2.05) is 43.7 Å². The number of ether oxygens (including phenoxy) is 3. The lowest BCUT2D eigenvalue weighted by molar-refractivity contribution is -0.123. The Balaban J connectivity index is 2.25. The smallest absolute Gasteiger partial charge is 0.200 e. The molecule has 3 aromatic rings. The summed E-state index contributed by atoms with van der Waals surface area (Å²) in [5.74, 6) is 0.990. The summed E-state index contributed by atoms with van der Waals surface area (Å²) in [7, 11) is 4.98. The van der Waals surface area contributed by atoms with Crippen LogP contribution in [-0.2, 0) is 11.8 Å². The fourth-order valence-corrected chi connectivity index (χ4v) is 4.05. The van der Waals surface area contributed by atoms with Gasteiger partial charge in [-0.05, 0) is 26.0 Å². The van der Waals surface area contributed by atoms with E-state index in [1.165, 1.54) is 7.11 Å². The largest absolute Gasteiger partial charge is 0.496 e. The average molecular weight is 369 g/mol. The maximum atomic E-state index is 13.3. The second-order valence-corrected chi connectivity index (χ2v) is 7.43. The highest BCUT2D eigenvalue weighted by Gasteiger charge is 2.45. The number of para-hydroxylation sites is 1. The molecule has 2 aromatic carbocycles. The first kappa shape index (κ1) is 17.8. The van der Waals surface area contributed by atoms with Crippen LogP contribution in [0.1, 0.15) is 25.5 Å². The van der Waals surface area contributed by atoms with Crippen molar-refractivity contribution in [2.45, 2.75) is 31.7 Å². The van der Waals surface area contributed by atoms with Crippen molar-refractivity contribution in [2.75, 3.05) is 14.2 Å². The van der Waals surface area contributed by atoms with Gasteiger partial charge >= 0.3 is 0 Å². The first-order chi connectivity index (χ1) is 12.8. The molecule has 1 aliphatic heterocycles. The number of methoxy groups -OCH3 is 2. The minimum Gasteiger partial charge on any atom is -0.496 e. The number of aromatic nitrogens is 1. The van der Waals surface area contributed by atoms with Gasteiger partial charge < -0.3 is 23.9 Å². The molecule has 1 aromatic heterocycles. The molecule has 2 atom stereocenters. The molecule has 0 fully saturated rings. The predicted molar refractivity (Wildman–Crippen MR) is 104 cm³/mol. The van der Waals surface area contributed by atoms with Gasteiger partial charge in [-0.25, -0.2) is 0 Å². The van der Waals surface area contributed by atoms with E-state index in [1.54, 1.807) is 19.2 Å². The monoisotopic (exact) mass is 369 g/mol. The van der Waals surface area contributed by atoms with Crippen molar-refractivity contribution in [3.05, 3.63) is 46.1 Å². The Hall–Kier alpha value is -2.57. The number of aryl methyl sites for hydroxylation is 1. The van der Waals surface area contributed by atoms with Crippen molar-refractivity contribution in [1.29, 1.82) is 0 Å². The van der Waals surface area contributed by atoms with E-state index >= 15 is 0 Å². The highest BCUT2D eigenvalue weighted by atomic mass is 16.5. The van der Waals surface area contributed by atoms with Crippen LogP contribution in [0.4, 0.5) is 0 Å². The van der Waals surface area contributed by atoms with Crippen LogP contribution < -0.4 is 14.9 Å². The summed E-state index contributed by atoms with van der Waals surface area (Å²) in [6.45, 7) is 3.62. The second-order valence-electron chi connectivity index (χ2n) is 7.43. The number of rotatable bonds is 2. The van der Waals surface area contributed by atoms with E-state index in [9.17, 15) is 9.90 Å². The van der Waals surface area contributed by atoms with Gasteiger partial charge in [-0.1, -0.05) is 12.1 Å². The fraction of sp³-hybridized carbons (Fsp3) is 0.381. The highest BCUT2D eigenvalue weighted by molar-refractivity contribution is 5.99. The Morgan fingerprint density at radius 2 is 1.93 bits per heavy atom. The van der Waals surface area contributed by atoms with Crippen LogP contribution in [0.3, 0.4) is 0 Å². The fourth-order valence-electron chi connectivity index (χ4n) is 4.05. The quantitative estimate of drug-likeness (QED) is 0.704. The molecule has 142 valence electrons. The maximum Gasteiger partial charge on any atom is 0.200 e. The summed E-state index contributed by atoms with van der Waals surface area (Å²) in [6.07, 6.45) is -1.53. The molecule has 0 unspecified atom stereocenters. The third kappa shape index (κ3) is 2.37. The third-order valence-corrected chi connectivity index (χ3v) is 5.47. The highest BCUT2D eigenvalue weighted by Crippen LogP contribution is 2.47. The van der Waals surface area contributed by atoms with Crippen molar-refractivity contribution in [2.24, 2.45) is 7.05 Å². The lowest BCUT2D eigenvalue weighted by Gasteiger charge is -2.42. The van der Waals surface area contributed by atoms with Gasteiger partial charge in [0.15, 0.2) is 0 Å². The Bertz CT molecular complexity index is 1120. The predicted octanol–water partition coefficient (Wildman–Crippen LogP) is 2.92. The maximum absolute atomic E-state index is 13.3. The minimum atomic E-state index is -0.895. The summed E-state index contributed by atoms with van der Waals surface area (Å²) in [4.78, 5) is 13.3. The molecular weight excluding hydrogens is 346 g/mol. The van der Waals surface area contributed by atoms with Gasteiger partial charge in [-0.3, -0.25) is 4.79 Å². The molecule has 27 heavy (non-hydrogen) atoms. The molecule has 1 aliphatic rings. The number of aliphatic hydroxyl groups excluding tert-OH is 1.